The third kappa shape index (κ3) is 5.81. The number of hydrogen-bond donors (Lipinski definition) is 2. The molecule has 1 aliphatic heterocycles. The fraction of sp³-hybridized carbons (Fsp3) is 0.636. The molecule has 29 heavy (non-hydrogen) atoms. The van der Waals surface area contributed by atoms with Crippen molar-refractivity contribution in [3.05, 3.63) is 29.8 Å². The predicted octanol–water partition coefficient (Wildman–Crippen LogP) is 2.60. The van der Waals surface area contributed by atoms with E-state index >= 15 is 0 Å². The third-order valence-corrected chi connectivity index (χ3v) is 7.49. The Kier molecular flexibility index (Phi) is 8.09. The van der Waals surface area contributed by atoms with Crippen LogP contribution in [-0.2, 0) is 22.0 Å². The number of amides is 1. The van der Waals surface area contributed by atoms with E-state index in [0.29, 0.717) is 5.96 Å². The van der Waals surface area contributed by atoms with Crippen molar-refractivity contribution in [2.75, 3.05) is 30.3 Å². The highest BCUT2D eigenvalue weighted by atomic mass is 32.2. The quantitative estimate of drug-likeness (QED) is 0.550. The van der Waals surface area contributed by atoms with E-state index < -0.39 is 10.8 Å². The van der Waals surface area contributed by atoms with Gasteiger partial charge in [-0.15, -0.1) is 0 Å². The minimum Gasteiger partial charge on any atom is -0.357 e. The predicted molar refractivity (Wildman–Crippen MR) is 121 cm³/mol. The molecule has 3 atom stereocenters. The van der Waals surface area contributed by atoms with Crippen molar-refractivity contribution >= 4 is 28.4 Å². The molecule has 1 fully saturated rings. The van der Waals surface area contributed by atoms with Crippen molar-refractivity contribution in [3.8, 4) is 0 Å². The van der Waals surface area contributed by atoms with E-state index in [1.54, 1.807) is 0 Å². The van der Waals surface area contributed by atoms with E-state index in [2.05, 4.69) is 21.7 Å². The van der Waals surface area contributed by atoms with E-state index in [-0.39, 0.29) is 23.7 Å². The van der Waals surface area contributed by atoms with E-state index in [1.165, 1.54) is 5.56 Å². The molecule has 2 N–H and O–H groups in total. The van der Waals surface area contributed by atoms with Gasteiger partial charge in [0.05, 0.1) is 0 Å². The summed E-state index contributed by atoms with van der Waals surface area (Å²) in [5, 5.41) is 7.00. The number of benzene rings is 1. The van der Waals surface area contributed by atoms with Crippen LogP contribution in [0.3, 0.4) is 0 Å². The monoisotopic (exact) mass is 418 g/mol. The first kappa shape index (κ1) is 21.8. The molecule has 1 heterocycles. The van der Waals surface area contributed by atoms with Gasteiger partial charge in [-0.2, -0.15) is 0 Å². The van der Waals surface area contributed by atoms with E-state index in [0.717, 1.165) is 63.1 Å². The summed E-state index contributed by atoms with van der Waals surface area (Å²) in [5.41, 5.74) is 2.26. The normalized spacial score (nSPS) is 23.2. The first-order chi connectivity index (χ1) is 14.1. The second-order valence-corrected chi connectivity index (χ2v) is 9.78. The number of para-hydroxylation sites is 1. The second kappa shape index (κ2) is 10.8. The van der Waals surface area contributed by atoms with Crippen LogP contribution in [0.2, 0.25) is 0 Å². The molecular weight excluding hydrogens is 384 g/mol. The highest BCUT2D eigenvalue weighted by molar-refractivity contribution is 7.85. The van der Waals surface area contributed by atoms with Gasteiger partial charge in [-0.05, 0) is 50.7 Å². The van der Waals surface area contributed by atoms with Gasteiger partial charge in [-0.3, -0.25) is 9.00 Å². The Morgan fingerprint density at radius 2 is 2.07 bits per heavy atom. The van der Waals surface area contributed by atoms with Crippen LogP contribution in [0.5, 0.6) is 0 Å². The Morgan fingerprint density at radius 3 is 2.86 bits per heavy atom. The molecule has 160 valence electrons. The molecule has 0 radical (unpaired) electrons. The largest absolute Gasteiger partial charge is 0.357 e. The first-order valence-electron chi connectivity index (χ1n) is 10.9. The maximum Gasteiger partial charge on any atom is 0.248 e. The first-order valence-corrected chi connectivity index (χ1v) is 12.3. The van der Waals surface area contributed by atoms with E-state index in [1.807, 2.05) is 36.9 Å². The van der Waals surface area contributed by atoms with Gasteiger partial charge < -0.3 is 15.5 Å². The van der Waals surface area contributed by atoms with Gasteiger partial charge in [0, 0.05) is 46.6 Å². The van der Waals surface area contributed by atoms with Gasteiger partial charge in [0.1, 0.15) is 6.54 Å². The molecule has 1 amide bonds. The molecule has 3 unspecified atom stereocenters. The zero-order valence-electron chi connectivity index (χ0n) is 17.7. The summed E-state index contributed by atoms with van der Waals surface area (Å²) in [7, 11) is -0.749. The second-order valence-electron chi connectivity index (χ2n) is 7.77. The minimum absolute atomic E-state index is 0.0305. The lowest BCUT2D eigenvalue weighted by Gasteiger charge is -2.30. The molecule has 1 saturated carbocycles. The van der Waals surface area contributed by atoms with Crippen LogP contribution in [0.1, 0.15) is 51.5 Å². The lowest BCUT2D eigenvalue weighted by atomic mass is 9.95. The van der Waals surface area contributed by atoms with Crippen LogP contribution in [0.15, 0.2) is 29.3 Å². The molecule has 1 aliphatic carbocycles. The van der Waals surface area contributed by atoms with E-state index in [9.17, 15) is 9.00 Å². The molecule has 3 rings (SSSR count). The Labute approximate surface area is 177 Å². The van der Waals surface area contributed by atoms with Crippen molar-refractivity contribution in [1.82, 2.24) is 10.6 Å². The molecular formula is C22H34N4O2S. The topological polar surface area (TPSA) is 73.8 Å². The van der Waals surface area contributed by atoms with Crippen molar-refractivity contribution < 1.29 is 9.00 Å². The number of rotatable bonds is 6. The maximum absolute atomic E-state index is 12.9. The lowest BCUT2D eigenvalue weighted by molar-refractivity contribution is -0.117. The van der Waals surface area contributed by atoms with Gasteiger partial charge >= 0.3 is 0 Å². The van der Waals surface area contributed by atoms with E-state index in [4.69, 9.17) is 0 Å². The standard InChI is InChI=1S/C22H34N4O2S/c1-3-23-22(25-18-11-7-12-19(15-18)29(28)4-2)24-16-21(27)26-14-8-10-17-9-5-6-13-20(17)26/h5-6,9,13,18-19H,3-4,7-8,10-12,14-16H2,1-2H3,(H2,23,24,25). The highest BCUT2D eigenvalue weighted by Gasteiger charge is 2.26. The molecule has 6 nitrogen and oxygen atoms in total. The number of carbonyl (C=O) groups is 1. The Morgan fingerprint density at radius 1 is 1.24 bits per heavy atom. The lowest BCUT2D eigenvalue weighted by Crippen LogP contribution is -2.47. The number of aryl methyl sites for hydroxylation is 1. The Balaban J connectivity index is 1.62. The number of hydrogen-bond acceptors (Lipinski definition) is 3. The molecule has 0 spiro atoms. The Hall–Kier alpha value is -1.89. The van der Waals surface area contributed by atoms with Gasteiger partial charge in [0.25, 0.3) is 0 Å². The van der Waals surface area contributed by atoms with Crippen molar-refractivity contribution in [1.29, 1.82) is 0 Å². The zero-order chi connectivity index (χ0) is 20.6. The molecule has 0 saturated heterocycles. The van der Waals surface area contributed by atoms with Gasteiger partial charge in [0.15, 0.2) is 5.96 Å². The number of anilines is 1. The average Bonchev–Trinajstić information content (AvgIpc) is 2.76. The summed E-state index contributed by atoms with van der Waals surface area (Å²) < 4.78 is 12.2. The van der Waals surface area contributed by atoms with Crippen LogP contribution >= 0.6 is 0 Å². The smallest absolute Gasteiger partial charge is 0.248 e. The fourth-order valence-electron chi connectivity index (χ4n) is 4.29. The number of carbonyl (C=O) groups excluding carboxylic acids is 1. The molecule has 7 heteroatoms. The number of nitrogens with one attached hydrogen (secondary N) is 2. The Bertz CT molecular complexity index is 752. The van der Waals surface area contributed by atoms with Gasteiger partial charge in [-0.25, -0.2) is 4.99 Å². The van der Waals surface area contributed by atoms with Crippen molar-refractivity contribution in [3.63, 3.8) is 0 Å². The van der Waals surface area contributed by atoms with Gasteiger partial charge in [0.2, 0.25) is 5.91 Å². The maximum atomic E-state index is 12.9. The van der Waals surface area contributed by atoms with Crippen LogP contribution in [0.4, 0.5) is 5.69 Å². The SMILES string of the molecule is CCNC(=NCC(=O)N1CCCc2ccccc21)NC1CCCC(S(=O)CC)C1. The zero-order valence-corrected chi connectivity index (χ0v) is 18.5. The summed E-state index contributed by atoms with van der Waals surface area (Å²) in [6.07, 6.45) is 6.09. The molecule has 2 aliphatic rings. The van der Waals surface area contributed by atoms with Crippen molar-refractivity contribution in [2.45, 2.75) is 63.7 Å². The van der Waals surface area contributed by atoms with Gasteiger partial charge in [-0.1, -0.05) is 31.5 Å². The number of aliphatic imine (C=N–C) groups is 1. The summed E-state index contributed by atoms with van der Waals surface area (Å²) in [5.74, 6) is 1.43. The van der Waals surface area contributed by atoms with Crippen LogP contribution < -0.4 is 15.5 Å². The third-order valence-electron chi connectivity index (χ3n) is 5.75. The highest BCUT2D eigenvalue weighted by Crippen LogP contribution is 2.26. The number of nitrogens with zero attached hydrogens (tertiary/aromatic N) is 2. The van der Waals surface area contributed by atoms with Crippen LogP contribution in [0, 0.1) is 0 Å². The van der Waals surface area contributed by atoms with Crippen LogP contribution in [0.25, 0.3) is 0 Å². The molecule has 0 bridgehead atoms. The summed E-state index contributed by atoms with van der Waals surface area (Å²) in [6.45, 7) is 5.63. The molecule has 0 aromatic heterocycles. The number of guanidine groups is 1. The molecule has 1 aromatic rings. The van der Waals surface area contributed by atoms with Crippen molar-refractivity contribution in [2.24, 2.45) is 4.99 Å². The average molecular weight is 419 g/mol. The summed E-state index contributed by atoms with van der Waals surface area (Å²) in [6, 6.07) is 8.40. The fourth-order valence-corrected chi connectivity index (χ4v) is 5.64. The minimum atomic E-state index is -0.749. The van der Waals surface area contributed by atoms with Crippen LogP contribution in [-0.4, -0.2) is 52.8 Å². The molecule has 1 aromatic carbocycles. The number of fused-ring (bicyclic) bond motifs is 1. The summed E-state index contributed by atoms with van der Waals surface area (Å²) >= 11 is 0. The summed E-state index contributed by atoms with van der Waals surface area (Å²) in [4.78, 5) is 19.3.